The second-order valence-corrected chi connectivity index (χ2v) is 13.9. The number of aryl methyl sites for hydroxylation is 2. The SMILES string of the molecule is C=CCN(Cc1ccccc1)C(=O)[C@@H]1[C@H]2C(=O)N([C@@H](CO)C(C)C)C(C(=O)N(CC=C)c3c(C)cccc3C)C23CC(C)[C@@]1(C)O3. The van der Waals surface area contributed by atoms with Crippen molar-refractivity contribution in [1.82, 2.24) is 9.80 Å². The van der Waals surface area contributed by atoms with Gasteiger partial charge in [0.2, 0.25) is 11.8 Å². The fourth-order valence-corrected chi connectivity index (χ4v) is 8.50. The molecule has 3 aliphatic rings. The van der Waals surface area contributed by atoms with Gasteiger partial charge in [-0.1, -0.05) is 81.5 Å². The minimum absolute atomic E-state index is 0.109. The summed E-state index contributed by atoms with van der Waals surface area (Å²) in [6.45, 7) is 20.2. The van der Waals surface area contributed by atoms with E-state index < -0.39 is 35.1 Å². The summed E-state index contributed by atoms with van der Waals surface area (Å²) in [6, 6.07) is 14.0. The molecule has 1 N–H and O–H groups in total. The lowest BCUT2D eigenvalue weighted by molar-refractivity contribution is -0.154. The number of hydrogen-bond acceptors (Lipinski definition) is 5. The van der Waals surface area contributed by atoms with E-state index in [1.807, 2.05) is 90.1 Å². The first-order chi connectivity index (χ1) is 21.9. The maximum atomic E-state index is 15.1. The molecule has 2 bridgehead atoms. The standard InChI is InChI=1S/C38H49N3O5/c1-9-19-39(22-28-17-12-11-13-18-28)34(43)30-31-35(44)41(29(23-42)24(3)4)33(38(31)21-27(7)37(30,8)46-38)36(45)40(20-10-2)32-25(5)15-14-16-26(32)6/h9-18,24,27,29-31,33,42H,1-2,19-23H2,3-8H3/t27?,29-,30-,31-,33?,37+,38?/m0/s1. The van der Waals surface area contributed by atoms with Gasteiger partial charge in [-0.3, -0.25) is 14.4 Å². The molecular formula is C38H49N3O5. The molecule has 2 aromatic carbocycles. The number of carbonyl (C=O) groups is 3. The maximum Gasteiger partial charge on any atom is 0.253 e. The minimum atomic E-state index is -1.24. The summed E-state index contributed by atoms with van der Waals surface area (Å²) >= 11 is 0. The Hall–Kier alpha value is -3.75. The first-order valence-electron chi connectivity index (χ1n) is 16.4. The molecule has 8 heteroatoms. The largest absolute Gasteiger partial charge is 0.394 e. The number of likely N-dealkylation sites (tertiary alicyclic amines) is 1. The molecule has 1 spiro atoms. The molecule has 0 saturated carbocycles. The zero-order valence-corrected chi connectivity index (χ0v) is 28.1. The number of carbonyl (C=O) groups excluding carboxylic acids is 3. The van der Waals surface area contributed by atoms with Crippen molar-refractivity contribution in [1.29, 1.82) is 0 Å². The van der Waals surface area contributed by atoms with Crippen molar-refractivity contribution in [2.75, 3.05) is 24.6 Å². The molecule has 46 heavy (non-hydrogen) atoms. The van der Waals surface area contributed by atoms with Crippen molar-refractivity contribution < 1.29 is 24.2 Å². The molecular weight excluding hydrogens is 578 g/mol. The molecule has 8 nitrogen and oxygen atoms in total. The number of aliphatic hydroxyl groups excluding tert-OH is 1. The summed E-state index contributed by atoms with van der Waals surface area (Å²) in [5, 5.41) is 10.7. The van der Waals surface area contributed by atoms with Crippen LogP contribution in [0.4, 0.5) is 5.69 Å². The summed E-state index contributed by atoms with van der Waals surface area (Å²) in [6.07, 6.45) is 3.83. The van der Waals surface area contributed by atoms with E-state index in [2.05, 4.69) is 13.2 Å². The highest BCUT2D eigenvalue weighted by molar-refractivity contribution is 6.06. The minimum Gasteiger partial charge on any atom is -0.394 e. The lowest BCUT2D eigenvalue weighted by Crippen LogP contribution is -2.60. The zero-order valence-electron chi connectivity index (χ0n) is 28.1. The van der Waals surface area contributed by atoms with Crippen LogP contribution in [0.25, 0.3) is 0 Å². The van der Waals surface area contributed by atoms with Crippen LogP contribution in [0.5, 0.6) is 0 Å². The quantitative estimate of drug-likeness (QED) is 0.332. The van der Waals surface area contributed by atoms with Gasteiger partial charge >= 0.3 is 0 Å². The predicted octanol–water partition coefficient (Wildman–Crippen LogP) is 5.06. The van der Waals surface area contributed by atoms with Gasteiger partial charge in [0.05, 0.1) is 30.1 Å². The van der Waals surface area contributed by atoms with Crippen molar-refractivity contribution in [3.63, 3.8) is 0 Å². The first-order valence-corrected chi connectivity index (χ1v) is 16.4. The predicted molar refractivity (Wildman–Crippen MR) is 180 cm³/mol. The Labute approximate surface area is 273 Å². The molecule has 246 valence electrons. The Kier molecular flexibility index (Phi) is 9.35. The highest BCUT2D eigenvalue weighted by Crippen LogP contribution is 2.66. The number of para-hydroxylation sites is 1. The molecule has 3 fully saturated rings. The third-order valence-corrected chi connectivity index (χ3v) is 10.7. The first kappa shape index (κ1) is 33.6. The van der Waals surface area contributed by atoms with E-state index >= 15 is 4.79 Å². The molecule has 0 radical (unpaired) electrons. The van der Waals surface area contributed by atoms with Gasteiger partial charge in [0.1, 0.15) is 11.6 Å². The Morgan fingerprint density at radius 2 is 1.67 bits per heavy atom. The monoisotopic (exact) mass is 627 g/mol. The molecule has 7 atom stereocenters. The third kappa shape index (κ3) is 5.20. The van der Waals surface area contributed by atoms with Crippen LogP contribution in [0.1, 0.15) is 50.8 Å². The molecule has 3 aliphatic heterocycles. The van der Waals surface area contributed by atoms with E-state index in [1.165, 1.54) is 0 Å². The molecule has 3 saturated heterocycles. The van der Waals surface area contributed by atoms with Crippen LogP contribution in [-0.4, -0.2) is 75.6 Å². The van der Waals surface area contributed by atoms with Crippen molar-refractivity contribution in [2.24, 2.45) is 23.7 Å². The van der Waals surface area contributed by atoms with Crippen LogP contribution in [0.3, 0.4) is 0 Å². The lowest BCUT2D eigenvalue weighted by Gasteiger charge is -2.41. The van der Waals surface area contributed by atoms with E-state index in [9.17, 15) is 14.7 Å². The molecule has 3 amide bonds. The molecule has 3 unspecified atom stereocenters. The van der Waals surface area contributed by atoms with Gasteiger partial charge in [0, 0.05) is 25.3 Å². The Balaban J connectivity index is 1.66. The number of ether oxygens (including phenoxy) is 1. The number of rotatable bonds is 12. The van der Waals surface area contributed by atoms with E-state index in [0.29, 0.717) is 19.5 Å². The summed E-state index contributed by atoms with van der Waals surface area (Å²) in [7, 11) is 0. The van der Waals surface area contributed by atoms with Crippen LogP contribution in [0, 0.1) is 37.5 Å². The van der Waals surface area contributed by atoms with E-state index in [1.54, 1.807) is 26.9 Å². The number of nitrogens with zero attached hydrogens (tertiary/aromatic N) is 3. The van der Waals surface area contributed by atoms with Crippen LogP contribution >= 0.6 is 0 Å². The average molecular weight is 628 g/mol. The van der Waals surface area contributed by atoms with Crippen molar-refractivity contribution in [2.45, 2.75) is 77.8 Å². The van der Waals surface area contributed by atoms with E-state index in [0.717, 1.165) is 22.4 Å². The number of amides is 3. The second kappa shape index (κ2) is 12.8. The van der Waals surface area contributed by atoms with Gasteiger partial charge in [-0.25, -0.2) is 0 Å². The molecule has 0 aromatic heterocycles. The number of aliphatic hydroxyl groups is 1. The summed E-state index contributed by atoms with van der Waals surface area (Å²) in [5.41, 5.74) is 1.38. The summed E-state index contributed by atoms with van der Waals surface area (Å²) in [4.78, 5) is 49.8. The number of fused-ring (bicyclic) bond motifs is 1. The molecule has 3 heterocycles. The summed E-state index contributed by atoms with van der Waals surface area (Å²) < 4.78 is 7.04. The van der Waals surface area contributed by atoms with Gasteiger partial charge in [-0.2, -0.15) is 0 Å². The van der Waals surface area contributed by atoms with Crippen LogP contribution < -0.4 is 4.90 Å². The number of hydrogen-bond donors (Lipinski definition) is 1. The van der Waals surface area contributed by atoms with E-state index in [4.69, 9.17) is 4.74 Å². The smallest absolute Gasteiger partial charge is 0.253 e. The number of benzene rings is 2. The Morgan fingerprint density at radius 3 is 2.24 bits per heavy atom. The van der Waals surface area contributed by atoms with Crippen LogP contribution in [-0.2, 0) is 25.7 Å². The second-order valence-electron chi connectivity index (χ2n) is 13.9. The Bertz CT molecular complexity index is 1490. The topological polar surface area (TPSA) is 90.4 Å². The fraction of sp³-hybridized carbons (Fsp3) is 0.500. The maximum absolute atomic E-state index is 15.1. The van der Waals surface area contributed by atoms with Gasteiger partial charge < -0.3 is 24.5 Å². The highest BCUT2D eigenvalue weighted by atomic mass is 16.5. The van der Waals surface area contributed by atoms with Crippen molar-refractivity contribution in [3.05, 3.63) is 90.5 Å². The van der Waals surface area contributed by atoms with Crippen molar-refractivity contribution >= 4 is 23.4 Å². The Morgan fingerprint density at radius 1 is 1.04 bits per heavy atom. The highest BCUT2D eigenvalue weighted by Gasteiger charge is 2.80. The molecule has 0 aliphatic carbocycles. The van der Waals surface area contributed by atoms with Gasteiger partial charge in [-0.15, -0.1) is 13.2 Å². The van der Waals surface area contributed by atoms with Gasteiger partial charge in [-0.05, 0) is 55.7 Å². The van der Waals surface area contributed by atoms with Crippen molar-refractivity contribution in [3.8, 4) is 0 Å². The van der Waals surface area contributed by atoms with Crippen LogP contribution in [0.15, 0.2) is 73.8 Å². The average Bonchev–Trinajstić information content (AvgIpc) is 3.53. The zero-order chi connectivity index (χ0) is 33.6. The number of anilines is 1. The van der Waals surface area contributed by atoms with E-state index in [-0.39, 0.29) is 42.7 Å². The van der Waals surface area contributed by atoms with Crippen LogP contribution in [0.2, 0.25) is 0 Å². The van der Waals surface area contributed by atoms with Gasteiger partial charge in [0.15, 0.2) is 0 Å². The lowest BCUT2D eigenvalue weighted by atomic mass is 9.62. The normalized spacial score (nSPS) is 28.7. The third-order valence-electron chi connectivity index (χ3n) is 10.7. The van der Waals surface area contributed by atoms with Gasteiger partial charge in [0.25, 0.3) is 5.91 Å². The molecule has 5 rings (SSSR count). The fourth-order valence-electron chi connectivity index (χ4n) is 8.50. The molecule has 2 aromatic rings. The summed E-state index contributed by atoms with van der Waals surface area (Å²) in [5.74, 6) is -2.73.